The number of halogens is 1. The lowest BCUT2D eigenvalue weighted by atomic mass is 10.0. The minimum absolute atomic E-state index is 0.165. The van der Waals surface area contributed by atoms with Crippen molar-refractivity contribution in [1.82, 2.24) is 10.6 Å². The number of benzene rings is 1. The molecule has 7 nitrogen and oxygen atoms in total. The Bertz CT molecular complexity index is 566. The van der Waals surface area contributed by atoms with E-state index in [4.69, 9.17) is 4.55 Å². The molecule has 0 saturated carbocycles. The lowest BCUT2D eigenvalue weighted by molar-refractivity contribution is -0.122. The molecule has 1 unspecified atom stereocenters. The topological polar surface area (TPSA) is 108 Å². The zero-order valence-corrected chi connectivity index (χ0v) is 15.2. The summed E-state index contributed by atoms with van der Waals surface area (Å²) in [6, 6.07) is 5.70. The minimum Gasteiger partial charge on any atom is -0.340 e. The van der Waals surface area contributed by atoms with Crippen LogP contribution in [0.1, 0.15) is 20.3 Å². The second-order valence-electron chi connectivity index (χ2n) is 5.29. The van der Waals surface area contributed by atoms with Crippen LogP contribution in [0.2, 0.25) is 0 Å². The fourth-order valence-corrected chi connectivity index (χ4v) is 2.35. The van der Waals surface area contributed by atoms with E-state index in [1.807, 2.05) is 13.8 Å². The molecule has 0 bridgehead atoms. The summed E-state index contributed by atoms with van der Waals surface area (Å²) in [4.78, 5) is 24.0. The summed E-state index contributed by atoms with van der Waals surface area (Å²) in [6.07, 6.45) is 0.414. The molecule has 0 radical (unpaired) electrons. The molecule has 0 spiro atoms. The number of hydrogen-bond acceptors (Lipinski definition) is 3. The van der Waals surface area contributed by atoms with E-state index in [2.05, 4.69) is 31.9 Å². The van der Waals surface area contributed by atoms with Crippen molar-refractivity contribution in [3.63, 3.8) is 0 Å². The lowest BCUT2D eigenvalue weighted by Gasteiger charge is -2.20. The number of anilines is 1. The highest BCUT2D eigenvalue weighted by atomic mass is 79.9. The molecule has 2 atom stereocenters. The van der Waals surface area contributed by atoms with Gasteiger partial charge in [-0.3, -0.25) is 4.79 Å². The van der Waals surface area contributed by atoms with Crippen LogP contribution in [0, 0.1) is 5.92 Å². The van der Waals surface area contributed by atoms with Crippen LogP contribution in [-0.2, 0) is 15.9 Å². The maximum Gasteiger partial charge on any atom is 0.319 e. The van der Waals surface area contributed by atoms with Crippen LogP contribution in [0.25, 0.3) is 0 Å². The van der Waals surface area contributed by atoms with Gasteiger partial charge in [-0.25, -0.2) is 9.00 Å². The zero-order chi connectivity index (χ0) is 17.4. The number of amides is 3. The SMILES string of the molecule is CC(C)C[C@H](NC(=O)Nc1ccc(Br)cc1)C(=O)NCS(=O)O. The predicted octanol–water partition coefficient (Wildman–Crippen LogP) is 2.28. The van der Waals surface area contributed by atoms with Crippen molar-refractivity contribution in [2.24, 2.45) is 5.92 Å². The van der Waals surface area contributed by atoms with Crippen molar-refractivity contribution < 1.29 is 18.4 Å². The van der Waals surface area contributed by atoms with Gasteiger partial charge in [-0.1, -0.05) is 29.8 Å². The fraction of sp³-hybridized carbons (Fsp3) is 0.429. The summed E-state index contributed by atoms with van der Waals surface area (Å²) in [6.45, 7) is 3.83. The third-order valence-electron chi connectivity index (χ3n) is 2.80. The molecule has 4 N–H and O–H groups in total. The van der Waals surface area contributed by atoms with Crippen LogP contribution in [-0.4, -0.2) is 32.6 Å². The van der Waals surface area contributed by atoms with Gasteiger partial charge >= 0.3 is 6.03 Å². The third-order valence-corrected chi connectivity index (χ3v) is 3.72. The predicted molar refractivity (Wildman–Crippen MR) is 93.3 cm³/mol. The Morgan fingerprint density at radius 2 is 1.87 bits per heavy atom. The third kappa shape index (κ3) is 8.10. The number of carbonyl (C=O) groups is 2. The largest absolute Gasteiger partial charge is 0.340 e. The maximum absolute atomic E-state index is 12.0. The number of rotatable bonds is 7. The molecule has 9 heteroatoms. The Morgan fingerprint density at radius 3 is 2.39 bits per heavy atom. The van der Waals surface area contributed by atoms with Gasteiger partial charge in [0.1, 0.15) is 11.9 Å². The van der Waals surface area contributed by atoms with Crippen LogP contribution in [0.5, 0.6) is 0 Å². The summed E-state index contributed by atoms with van der Waals surface area (Å²) in [5, 5.41) is 7.54. The van der Waals surface area contributed by atoms with Crippen molar-refractivity contribution in [2.45, 2.75) is 26.3 Å². The Labute approximate surface area is 146 Å². The Hall–Kier alpha value is -1.45. The van der Waals surface area contributed by atoms with Crippen LogP contribution < -0.4 is 16.0 Å². The normalized spacial score (nSPS) is 13.3. The van der Waals surface area contributed by atoms with Crippen molar-refractivity contribution in [2.75, 3.05) is 11.2 Å². The van der Waals surface area contributed by atoms with Gasteiger partial charge < -0.3 is 20.5 Å². The van der Waals surface area contributed by atoms with Crippen LogP contribution >= 0.6 is 15.9 Å². The highest BCUT2D eigenvalue weighted by Gasteiger charge is 2.22. The first-order valence-corrected chi connectivity index (χ1v) is 9.03. The highest BCUT2D eigenvalue weighted by molar-refractivity contribution is 9.10. The molecule has 1 rings (SSSR count). The molecule has 0 aromatic heterocycles. The summed E-state index contributed by atoms with van der Waals surface area (Å²) >= 11 is 1.17. The van der Waals surface area contributed by atoms with Crippen molar-refractivity contribution in [3.8, 4) is 0 Å². The van der Waals surface area contributed by atoms with E-state index in [1.54, 1.807) is 24.3 Å². The van der Waals surface area contributed by atoms with Gasteiger partial charge in [-0.15, -0.1) is 0 Å². The Balaban J connectivity index is 2.64. The van der Waals surface area contributed by atoms with Crippen molar-refractivity contribution in [3.05, 3.63) is 28.7 Å². The van der Waals surface area contributed by atoms with E-state index in [9.17, 15) is 13.8 Å². The van der Waals surface area contributed by atoms with E-state index in [1.165, 1.54) is 0 Å². The first-order valence-electron chi connectivity index (χ1n) is 6.96. The minimum atomic E-state index is -2.13. The van der Waals surface area contributed by atoms with Crippen molar-refractivity contribution >= 4 is 44.6 Å². The zero-order valence-electron chi connectivity index (χ0n) is 12.8. The molecule has 3 amide bonds. The molecule has 1 aromatic rings. The molecular formula is C14H20BrN3O4S. The lowest BCUT2D eigenvalue weighted by Crippen LogP contribution is -2.49. The maximum atomic E-state index is 12.0. The van der Waals surface area contributed by atoms with Crippen molar-refractivity contribution in [1.29, 1.82) is 0 Å². The van der Waals surface area contributed by atoms with Gasteiger partial charge in [0.05, 0.1) is 0 Å². The molecule has 0 aliphatic rings. The Kier molecular flexibility index (Phi) is 8.21. The molecule has 23 heavy (non-hydrogen) atoms. The summed E-state index contributed by atoms with van der Waals surface area (Å²) < 4.78 is 20.2. The molecule has 0 aliphatic heterocycles. The summed E-state index contributed by atoms with van der Waals surface area (Å²) in [5.41, 5.74) is 0.589. The van der Waals surface area contributed by atoms with Crippen LogP contribution in [0.3, 0.4) is 0 Å². The second kappa shape index (κ2) is 9.64. The molecule has 0 fully saturated rings. The number of urea groups is 1. The Morgan fingerprint density at radius 1 is 1.26 bits per heavy atom. The van der Waals surface area contributed by atoms with Gasteiger partial charge in [-0.2, -0.15) is 0 Å². The van der Waals surface area contributed by atoms with E-state index in [0.29, 0.717) is 12.1 Å². The molecule has 1 aromatic carbocycles. The molecule has 0 aliphatic carbocycles. The molecular weight excluding hydrogens is 386 g/mol. The number of carbonyl (C=O) groups excluding carboxylic acids is 2. The molecule has 128 valence electrons. The summed E-state index contributed by atoms with van der Waals surface area (Å²) in [7, 11) is 0. The second-order valence-corrected chi connectivity index (χ2v) is 7.14. The first kappa shape index (κ1) is 19.6. The van der Waals surface area contributed by atoms with Gasteiger partial charge in [0.15, 0.2) is 11.1 Å². The summed E-state index contributed by atoms with van der Waals surface area (Å²) in [5.74, 6) is -0.700. The monoisotopic (exact) mass is 405 g/mol. The van der Waals surface area contributed by atoms with E-state index in [0.717, 1.165) is 4.47 Å². The van der Waals surface area contributed by atoms with E-state index >= 15 is 0 Å². The average Bonchev–Trinajstić information content (AvgIpc) is 2.46. The van der Waals surface area contributed by atoms with Gasteiger partial charge in [0, 0.05) is 10.2 Å². The quantitative estimate of drug-likeness (QED) is 0.521. The molecule has 0 saturated heterocycles. The van der Waals surface area contributed by atoms with Crippen LogP contribution in [0.4, 0.5) is 10.5 Å². The van der Waals surface area contributed by atoms with Gasteiger partial charge in [0.2, 0.25) is 5.91 Å². The van der Waals surface area contributed by atoms with Crippen LogP contribution in [0.15, 0.2) is 28.7 Å². The standard InChI is InChI=1S/C14H20BrN3O4S/c1-9(2)7-12(13(19)16-8-23(21)22)18-14(20)17-11-5-3-10(15)4-6-11/h3-6,9,12H,7-8H2,1-2H3,(H,16,19)(H,21,22)(H2,17,18,20)/t12-/m0/s1. The number of hydrogen-bond donors (Lipinski definition) is 4. The smallest absolute Gasteiger partial charge is 0.319 e. The average molecular weight is 406 g/mol. The van der Waals surface area contributed by atoms with Gasteiger partial charge in [-0.05, 0) is 36.6 Å². The van der Waals surface area contributed by atoms with E-state index in [-0.39, 0.29) is 11.8 Å². The van der Waals surface area contributed by atoms with Gasteiger partial charge in [0.25, 0.3) is 0 Å². The first-order chi connectivity index (χ1) is 10.8. The van der Waals surface area contributed by atoms with E-state index < -0.39 is 29.1 Å². The molecule has 0 heterocycles. The fourth-order valence-electron chi connectivity index (χ4n) is 1.82. The highest BCUT2D eigenvalue weighted by Crippen LogP contribution is 2.14. The number of nitrogens with one attached hydrogen (secondary N) is 3.